The van der Waals surface area contributed by atoms with E-state index in [2.05, 4.69) is 20.1 Å². The van der Waals surface area contributed by atoms with Crippen molar-refractivity contribution in [2.45, 2.75) is 43.6 Å². The van der Waals surface area contributed by atoms with E-state index in [0.29, 0.717) is 29.6 Å². The molecule has 1 N–H and O–H groups in total. The van der Waals surface area contributed by atoms with Crippen LogP contribution >= 0.6 is 0 Å². The number of rotatable bonds is 4. The molecule has 0 unspecified atom stereocenters. The summed E-state index contributed by atoms with van der Waals surface area (Å²) in [5, 5.41) is 18.7. The van der Waals surface area contributed by atoms with Gasteiger partial charge in [0.2, 0.25) is 5.88 Å². The number of ether oxygens (including phenoxy) is 1. The number of halogens is 1. The predicted octanol–water partition coefficient (Wildman–Crippen LogP) is 2.99. The van der Waals surface area contributed by atoms with E-state index in [4.69, 9.17) is 4.74 Å². The fourth-order valence-electron chi connectivity index (χ4n) is 4.46. The summed E-state index contributed by atoms with van der Waals surface area (Å²) < 4.78 is 22.4. The summed E-state index contributed by atoms with van der Waals surface area (Å²) in [6.45, 7) is 0. The summed E-state index contributed by atoms with van der Waals surface area (Å²) in [4.78, 5) is 6.14. The first-order chi connectivity index (χ1) is 14.1. The number of phenols is 1. The van der Waals surface area contributed by atoms with Gasteiger partial charge in [-0.15, -0.1) is 10.2 Å². The molecule has 29 heavy (non-hydrogen) atoms. The first-order valence-corrected chi connectivity index (χ1v) is 9.78. The molecule has 8 heteroatoms. The molecule has 5 rings (SSSR count). The molecule has 2 aliphatic heterocycles. The Balaban J connectivity index is 1.32. The van der Waals surface area contributed by atoms with E-state index in [0.717, 1.165) is 18.5 Å². The number of fused-ring (bicyclic) bond motifs is 2. The van der Waals surface area contributed by atoms with Crippen LogP contribution in [0.2, 0.25) is 0 Å². The number of hydrogen-bond donors (Lipinski definition) is 1. The average molecular weight is 395 g/mol. The Morgan fingerprint density at radius 1 is 1.17 bits per heavy atom. The van der Waals surface area contributed by atoms with Crippen molar-refractivity contribution in [2.24, 2.45) is 0 Å². The third-order valence-electron chi connectivity index (χ3n) is 6.09. The molecule has 2 saturated heterocycles. The van der Waals surface area contributed by atoms with Gasteiger partial charge >= 0.3 is 0 Å². The Morgan fingerprint density at radius 3 is 2.79 bits per heavy atom. The van der Waals surface area contributed by atoms with Gasteiger partial charge in [0.15, 0.2) is 6.17 Å². The minimum absolute atomic E-state index is 0.0723. The van der Waals surface area contributed by atoms with Gasteiger partial charge in [-0.25, -0.2) is 9.37 Å². The zero-order chi connectivity index (χ0) is 20.0. The first kappa shape index (κ1) is 18.1. The zero-order valence-electron chi connectivity index (χ0n) is 16.0. The van der Waals surface area contributed by atoms with Crippen molar-refractivity contribution in [1.29, 1.82) is 0 Å². The number of hydrogen-bond acceptors (Lipinski definition) is 6. The Labute approximate surface area is 167 Å². The molecule has 4 atom stereocenters. The van der Waals surface area contributed by atoms with Crippen LogP contribution in [0, 0.1) is 0 Å². The number of nitrogens with zero attached hydrogens (tertiary/aromatic N) is 5. The maximum atomic E-state index is 14.8. The van der Waals surface area contributed by atoms with Crippen LogP contribution in [0.4, 0.5) is 4.39 Å². The zero-order valence-corrected chi connectivity index (χ0v) is 16.0. The maximum absolute atomic E-state index is 14.8. The monoisotopic (exact) mass is 395 g/mol. The van der Waals surface area contributed by atoms with Gasteiger partial charge in [-0.05, 0) is 38.1 Å². The summed E-state index contributed by atoms with van der Waals surface area (Å²) in [5.41, 5.74) is 1.88. The van der Waals surface area contributed by atoms with Gasteiger partial charge in [0, 0.05) is 48.6 Å². The number of aromatic nitrogens is 4. The molecule has 2 fully saturated rings. The molecule has 0 spiro atoms. The van der Waals surface area contributed by atoms with Crippen LogP contribution in [0.15, 0.2) is 49.1 Å². The SMILES string of the molecule is CN1[C@H]2CC[C@@H]1[C@H](F)[C@@H](Oc1ccc(-c3ccc(-n4ccnc4)cc3O)nn1)C2. The molecule has 2 bridgehead atoms. The molecule has 7 nitrogen and oxygen atoms in total. The molecule has 1 aromatic carbocycles. The lowest BCUT2D eigenvalue weighted by atomic mass is 9.98. The molecular formula is C21H22FN5O2. The smallest absolute Gasteiger partial charge is 0.233 e. The van der Waals surface area contributed by atoms with Crippen LogP contribution in [-0.4, -0.2) is 61.2 Å². The Hall–Kier alpha value is -3.00. The van der Waals surface area contributed by atoms with Crippen molar-refractivity contribution >= 4 is 0 Å². The van der Waals surface area contributed by atoms with Gasteiger partial charge in [-0.2, -0.15) is 0 Å². The van der Waals surface area contributed by atoms with Crippen LogP contribution < -0.4 is 4.74 Å². The Kier molecular flexibility index (Phi) is 4.43. The lowest BCUT2D eigenvalue weighted by molar-refractivity contribution is -0.0134. The molecule has 150 valence electrons. The number of piperidine rings is 1. The minimum Gasteiger partial charge on any atom is -0.507 e. The molecule has 4 heterocycles. The number of aromatic hydroxyl groups is 1. The molecule has 2 aromatic heterocycles. The number of phenolic OH excluding ortho intramolecular Hbond substituents is 1. The largest absolute Gasteiger partial charge is 0.507 e. The predicted molar refractivity (Wildman–Crippen MR) is 105 cm³/mol. The number of benzene rings is 1. The second-order valence-electron chi connectivity index (χ2n) is 7.73. The van der Waals surface area contributed by atoms with Gasteiger partial charge in [-0.1, -0.05) is 0 Å². The van der Waals surface area contributed by atoms with E-state index in [1.165, 1.54) is 0 Å². The molecule has 0 amide bonds. The molecule has 0 aliphatic carbocycles. The normalized spacial score (nSPS) is 26.6. The molecule has 0 saturated carbocycles. The second kappa shape index (κ2) is 7.11. The van der Waals surface area contributed by atoms with Gasteiger partial charge in [-0.3, -0.25) is 4.90 Å². The highest BCUT2D eigenvalue weighted by Crippen LogP contribution is 2.37. The highest BCUT2D eigenvalue weighted by Gasteiger charge is 2.47. The Bertz CT molecular complexity index is 995. The van der Waals surface area contributed by atoms with Crippen molar-refractivity contribution in [3.63, 3.8) is 0 Å². The van der Waals surface area contributed by atoms with Crippen molar-refractivity contribution in [3.05, 3.63) is 49.1 Å². The van der Waals surface area contributed by atoms with Gasteiger partial charge in [0.25, 0.3) is 0 Å². The van der Waals surface area contributed by atoms with Crippen LogP contribution in [0.5, 0.6) is 11.6 Å². The fraction of sp³-hybridized carbons (Fsp3) is 0.381. The van der Waals surface area contributed by atoms with Gasteiger partial charge < -0.3 is 14.4 Å². The third-order valence-corrected chi connectivity index (χ3v) is 6.09. The van der Waals surface area contributed by atoms with Crippen molar-refractivity contribution in [2.75, 3.05) is 7.05 Å². The first-order valence-electron chi connectivity index (χ1n) is 9.78. The summed E-state index contributed by atoms with van der Waals surface area (Å²) in [6, 6.07) is 8.99. The van der Waals surface area contributed by atoms with E-state index >= 15 is 0 Å². The van der Waals surface area contributed by atoms with Crippen LogP contribution in [-0.2, 0) is 0 Å². The van der Waals surface area contributed by atoms with Crippen molar-refractivity contribution in [3.8, 4) is 28.6 Å². The maximum Gasteiger partial charge on any atom is 0.233 e. The summed E-state index contributed by atoms with van der Waals surface area (Å²) >= 11 is 0. The van der Waals surface area contributed by atoms with E-state index in [9.17, 15) is 9.50 Å². The third kappa shape index (κ3) is 3.23. The fourth-order valence-corrected chi connectivity index (χ4v) is 4.46. The van der Waals surface area contributed by atoms with Crippen molar-refractivity contribution < 1.29 is 14.2 Å². The average Bonchev–Trinajstić information content (AvgIpc) is 3.35. The molecule has 0 radical (unpaired) electrons. The highest BCUT2D eigenvalue weighted by atomic mass is 19.1. The summed E-state index contributed by atoms with van der Waals surface area (Å²) in [5.74, 6) is 0.398. The van der Waals surface area contributed by atoms with Crippen molar-refractivity contribution in [1.82, 2.24) is 24.6 Å². The Morgan fingerprint density at radius 2 is 2.07 bits per heavy atom. The standard InChI is InChI=1S/C21H22FN5O2/c1-26-13-3-6-17(26)21(22)19(11-13)29-20-7-5-16(24-25-20)15-4-2-14(10-18(15)28)27-9-8-23-12-27/h2,4-5,7-10,12-13,17,19,21,28H,3,6,11H2,1H3/t13-,17+,19-,21-/m0/s1. The van der Waals surface area contributed by atoms with E-state index in [1.807, 2.05) is 13.1 Å². The van der Waals surface area contributed by atoms with Crippen LogP contribution in [0.25, 0.3) is 16.9 Å². The van der Waals surface area contributed by atoms with E-state index in [1.54, 1.807) is 47.6 Å². The lowest BCUT2D eigenvalue weighted by Gasteiger charge is -2.38. The quantitative estimate of drug-likeness (QED) is 0.732. The molecule has 2 aliphatic rings. The van der Waals surface area contributed by atoms with E-state index < -0.39 is 12.3 Å². The number of alkyl halides is 1. The minimum atomic E-state index is -1.03. The summed E-state index contributed by atoms with van der Waals surface area (Å²) in [6.07, 6.45) is 6.16. The lowest BCUT2D eigenvalue weighted by Crippen LogP contribution is -2.52. The van der Waals surface area contributed by atoms with E-state index in [-0.39, 0.29) is 11.8 Å². The summed E-state index contributed by atoms with van der Waals surface area (Å²) in [7, 11) is 1.99. The molecule has 3 aromatic rings. The van der Waals surface area contributed by atoms with Crippen LogP contribution in [0.3, 0.4) is 0 Å². The van der Waals surface area contributed by atoms with Crippen LogP contribution in [0.1, 0.15) is 19.3 Å². The van der Waals surface area contributed by atoms with Gasteiger partial charge in [0.1, 0.15) is 11.9 Å². The molecular weight excluding hydrogens is 373 g/mol. The topological polar surface area (TPSA) is 76.3 Å². The van der Waals surface area contributed by atoms with Gasteiger partial charge in [0.05, 0.1) is 17.7 Å². The number of imidazole rings is 1. The second-order valence-corrected chi connectivity index (χ2v) is 7.73. The highest BCUT2D eigenvalue weighted by molar-refractivity contribution is 5.68.